The van der Waals surface area contributed by atoms with E-state index in [1.54, 1.807) is 18.2 Å². The molecule has 0 saturated heterocycles. The van der Waals surface area contributed by atoms with Crippen molar-refractivity contribution in [2.45, 2.75) is 57.5 Å². The van der Waals surface area contributed by atoms with Crippen molar-refractivity contribution in [3.8, 4) is 11.4 Å². The molecule has 3 aromatic rings. The van der Waals surface area contributed by atoms with Gasteiger partial charge in [-0.25, -0.2) is 4.39 Å². The Bertz CT molecular complexity index is 1230. The van der Waals surface area contributed by atoms with Crippen molar-refractivity contribution in [3.05, 3.63) is 65.2 Å². The van der Waals surface area contributed by atoms with Crippen LogP contribution < -0.4 is 10.1 Å². The number of hydrogen-bond acceptors (Lipinski definition) is 7. The molecule has 0 bridgehead atoms. The second kappa shape index (κ2) is 10.8. The summed E-state index contributed by atoms with van der Waals surface area (Å²) in [6.07, 6.45) is -3.69. The predicted molar refractivity (Wildman–Crippen MR) is 124 cm³/mol. The van der Waals surface area contributed by atoms with Crippen molar-refractivity contribution in [1.82, 2.24) is 25.5 Å². The zero-order chi connectivity index (χ0) is 26.7. The van der Waals surface area contributed by atoms with Gasteiger partial charge in [-0.1, -0.05) is 12.1 Å². The summed E-state index contributed by atoms with van der Waals surface area (Å²) in [6.45, 7) is 3.92. The van der Waals surface area contributed by atoms with Crippen LogP contribution in [0.5, 0.6) is 5.75 Å². The van der Waals surface area contributed by atoms with Gasteiger partial charge in [0.2, 0.25) is 0 Å². The first-order chi connectivity index (χ1) is 17.6. The molecule has 0 radical (unpaired) electrons. The van der Waals surface area contributed by atoms with E-state index in [4.69, 9.17) is 9.47 Å². The van der Waals surface area contributed by atoms with Crippen LogP contribution in [0.1, 0.15) is 49.6 Å². The van der Waals surface area contributed by atoms with Crippen LogP contribution >= 0.6 is 0 Å². The first-order valence-corrected chi connectivity index (χ1v) is 11.8. The van der Waals surface area contributed by atoms with Crippen molar-refractivity contribution in [2.75, 3.05) is 7.11 Å². The van der Waals surface area contributed by atoms with E-state index in [2.05, 4.69) is 20.8 Å². The standard InChI is InChI=1S/C25H27F4N5O3/c1-14(2)37-21-11-8-18(34-24(25(27,28)29)31-32-33-34)12-16(21)13-30-20-10-9-19(23(35)36-3)22(20)15-4-6-17(26)7-5-15/h4-8,11-12,14,19-20,22,30H,9-10,13H2,1-3H3. The van der Waals surface area contributed by atoms with Crippen LogP contribution in [0.4, 0.5) is 17.6 Å². The molecule has 1 aromatic heterocycles. The van der Waals surface area contributed by atoms with Crippen LogP contribution in [0, 0.1) is 11.7 Å². The van der Waals surface area contributed by atoms with Gasteiger partial charge in [-0.2, -0.15) is 17.9 Å². The number of aromatic nitrogens is 4. The van der Waals surface area contributed by atoms with E-state index >= 15 is 0 Å². The van der Waals surface area contributed by atoms with Crippen LogP contribution in [0.2, 0.25) is 0 Å². The minimum Gasteiger partial charge on any atom is -0.491 e. The van der Waals surface area contributed by atoms with Gasteiger partial charge in [-0.05, 0) is 73.0 Å². The maximum atomic E-state index is 13.6. The Balaban J connectivity index is 1.63. The average Bonchev–Trinajstić information content (AvgIpc) is 3.51. The number of alkyl halides is 3. The van der Waals surface area contributed by atoms with Crippen LogP contribution in [0.3, 0.4) is 0 Å². The summed E-state index contributed by atoms with van der Waals surface area (Å²) in [5.74, 6) is -2.16. The lowest BCUT2D eigenvalue weighted by atomic mass is 9.86. The maximum absolute atomic E-state index is 13.6. The number of halogens is 4. The second-order valence-corrected chi connectivity index (χ2v) is 9.14. The summed E-state index contributed by atoms with van der Waals surface area (Å²) in [4.78, 5) is 12.5. The largest absolute Gasteiger partial charge is 0.491 e. The third-order valence-electron chi connectivity index (χ3n) is 6.34. The van der Waals surface area contributed by atoms with E-state index in [0.717, 1.165) is 5.56 Å². The summed E-state index contributed by atoms with van der Waals surface area (Å²) in [5, 5.41) is 13.2. The van der Waals surface area contributed by atoms with Gasteiger partial charge in [0.25, 0.3) is 5.82 Å². The van der Waals surface area contributed by atoms with Gasteiger partial charge in [0.15, 0.2) is 0 Å². The van der Waals surface area contributed by atoms with Gasteiger partial charge in [0, 0.05) is 24.1 Å². The summed E-state index contributed by atoms with van der Waals surface area (Å²) >= 11 is 0. The highest BCUT2D eigenvalue weighted by atomic mass is 19.4. The lowest BCUT2D eigenvalue weighted by molar-refractivity contribution is -0.147. The number of tetrazole rings is 1. The minimum atomic E-state index is -4.73. The number of hydrogen-bond donors (Lipinski definition) is 1. The predicted octanol–water partition coefficient (Wildman–Crippen LogP) is 4.43. The minimum absolute atomic E-state index is 0.124. The van der Waals surface area contributed by atoms with E-state index in [-0.39, 0.29) is 42.1 Å². The highest BCUT2D eigenvalue weighted by Crippen LogP contribution is 2.41. The fraction of sp³-hybridized carbons (Fsp3) is 0.440. The SMILES string of the molecule is COC(=O)C1CCC(NCc2cc(-n3nnnc3C(F)(F)F)ccc2OC(C)C)C1c1ccc(F)cc1. The smallest absolute Gasteiger partial charge is 0.453 e. The number of methoxy groups -OCH3 is 1. The normalized spacial score (nSPS) is 19.8. The molecule has 37 heavy (non-hydrogen) atoms. The van der Waals surface area contributed by atoms with Crippen LogP contribution in [-0.4, -0.2) is 45.4 Å². The number of nitrogens with one attached hydrogen (secondary N) is 1. The third kappa shape index (κ3) is 5.90. The molecule has 0 spiro atoms. The van der Waals surface area contributed by atoms with E-state index in [1.165, 1.54) is 31.4 Å². The van der Waals surface area contributed by atoms with Crippen molar-refractivity contribution in [2.24, 2.45) is 5.92 Å². The second-order valence-electron chi connectivity index (χ2n) is 9.14. The molecule has 1 aliphatic rings. The number of carbonyl (C=O) groups is 1. The highest BCUT2D eigenvalue weighted by Gasteiger charge is 2.42. The molecular formula is C25H27F4N5O3. The molecule has 3 unspecified atom stereocenters. The van der Waals surface area contributed by atoms with Crippen LogP contribution in [0.15, 0.2) is 42.5 Å². The first kappa shape index (κ1) is 26.5. The van der Waals surface area contributed by atoms with Crippen LogP contribution in [0.25, 0.3) is 5.69 Å². The molecule has 1 fully saturated rings. The maximum Gasteiger partial charge on any atom is 0.453 e. The lowest BCUT2D eigenvalue weighted by Crippen LogP contribution is -2.34. The zero-order valence-corrected chi connectivity index (χ0v) is 20.5. The number of nitrogens with zero attached hydrogens (tertiary/aromatic N) is 4. The summed E-state index contributed by atoms with van der Waals surface area (Å²) in [6, 6.07) is 10.4. The monoisotopic (exact) mass is 521 g/mol. The Morgan fingerprint density at radius 1 is 1.16 bits per heavy atom. The van der Waals surface area contributed by atoms with Gasteiger partial charge in [0.05, 0.1) is 24.8 Å². The Kier molecular flexibility index (Phi) is 7.76. The zero-order valence-electron chi connectivity index (χ0n) is 20.5. The summed E-state index contributed by atoms with van der Waals surface area (Å²) in [7, 11) is 1.33. The lowest BCUT2D eigenvalue weighted by Gasteiger charge is -2.26. The first-order valence-electron chi connectivity index (χ1n) is 11.8. The molecular weight excluding hydrogens is 494 g/mol. The fourth-order valence-corrected chi connectivity index (χ4v) is 4.78. The van der Waals surface area contributed by atoms with E-state index < -0.39 is 17.9 Å². The molecule has 0 aliphatic heterocycles. The molecule has 12 heteroatoms. The van der Waals surface area contributed by atoms with Crippen molar-refractivity contribution < 1.29 is 31.8 Å². The molecule has 8 nitrogen and oxygen atoms in total. The van der Waals surface area contributed by atoms with E-state index in [0.29, 0.717) is 28.8 Å². The molecule has 1 aliphatic carbocycles. The number of esters is 1. The molecule has 1 heterocycles. The molecule has 3 atom stereocenters. The number of benzene rings is 2. The summed E-state index contributed by atoms with van der Waals surface area (Å²) < 4.78 is 65.2. The molecule has 4 rings (SSSR count). The molecule has 0 amide bonds. The van der Waals surface area contributed by atoms with Gasteiger partial charge in [-0.3, -0.25) is 4.79 Å². The topological polar surface area (TPSA) is 91.2 Å². The fourth-order valence-electron chi connectivity index (χ4n) is 4.78. The molecule has 198 valence electrons. The molecule has 2 aromatic carbocycles. The quantitative estimate of drug-likeness (QED) is 0.346. The number of ether oxygens (including phenoxy) is 2. The van der Waals surface area contributed by atoms with E-state index in [9.17, 15) is 22.4 Å². The number of carbonyl (C=O) groups excluding carboxylic acids is 1. The van der Waals surface area contributed by atoms with Gasteiger partial charge < -0.3 is 14.8 Å². The van der Waals surface area contributed by atoms with Gasteiger partial charge in [-0.15, -0.1) is 5.10 Å². The Hall–Kier alpha value is -3.54. The Morgan fingerprint density at radius 3 is 2.54 bits per heavy atom. The van der Waals surface area contributed by atoms with Crippen LogP contribution in [-0.2, 0) is 22.3 Å². The molecule has 1 saturated carbocycles. The van der Waals surface area contributed by atoms with Gasteiger partial charge >= 0.3 is 12.1 Å². The average molecular weight is 522 g/mol. The Labute approximate surface area is 211 Å². The molecule has 1 N–H and O–H groups in total. The van der Waals surface area contributed by atoms with Crippen molar-refractivity contribution in [1.29, 1.82) is 0 Å². The highest BCUT2D eigenvalue weighted by molar-refractivity contribution is 5.74. The van der Waals surface area contributed by atoms with E-state index in [1.807, 2.05) is 13.8 Å². The summed E-state index contributed by atoms with van der Waals surface area (Å²) in [5.41, 5.74) is 1.51. The Morgan fingerprint density at radius 2 is 1.89 bits per heavy atom. The number of rotatable bonds is 8. The van der Waals surface area contributed by atoms with Crippen molar-refractivity contribution >= 4 is 5.97 Å². The van der Waals surface area contributed by atoms with Gasteiger partial charge in [0.1, 0.15) is 11.6 Å². The van der Waals surface area contributed by atoms with Crippen molar-refractivity contribution in [3.63, 3.8) is 0 Å². The third-order valence-corrected chi connectivity index (χ3v) is 6.34.